The van der Waals surface area contributed by atoms with Crippen LogP contribution in [-0.2, 0) is 4.79 Å². The summed E-state index contributed by atoms with van der Waals surface area (Å²) in [5.41, 5.74) is 0. The highest BCUT2D eigenvalue weighted by Gasteiger charge is 2.05. The van der Waals surface area contributed by atoms with Crippen molar-refractivity contribution in [1.29, 1.82) is 0 Å². The van der Waals surface area contributed by atoms with Gasteiger partial charge in [-0.25, -0.2) is 0 Å². The van der Waals surface area contributed by atoms with E-state index in [1.54, 1.807) is 0 Å². The molecular formula is C20H38N2O2. The third kappa shape index (κ3) is 15.8. The van der Waals surface area contributed by atoms with E-state index in [2.05, 4.69) is 41.4 Å². The Bertz CT molecular complexity index is 341. The maximum Gasteiger partial charge on any atom is 0.220 e. The summed E-state index contributed by atoms with van der Waals surface area (Å²) in [4.78, 5) is 14.0. The molecular weight excluding hydrogens is 300 g/mol. The van der Waals surface area contributed by atoms with E-state index in [0.717, 1.165) is 45.2 Å². The van der Waals surface area contributed by atoms with Crippen molar-refractivity contribution in [3.05, 3.63) is 24.3 Å². The molecule has 0 fully saturated rings. The lowest BCUT2D eigenvalue weighted by molar-refractivity contribution is -0.121. The summed E-state index contributed by atoms with van der Waals surface area (Å²) in [7, 11) is 0. The van der Waals surface area contributed by atoms with Crippen LogP contribution in [0.5, 0.6) is 0 Å². The van der Waals surface area contributed by atoms with E-state index in [1.165, 1.54) is 12.8 Å². The van der Waals surface area contributed by atoms with Crippen LogP contribution in [0.4, 0.5) is 0 Å². The molecule has 0 saturated heterocycles. The molecule has 4 nitrogen and oxygen atoms in total. The van der Waals surface area contributed by atoms with Crippen LogP contribution < -0.4 is 5.32 Å². The lowest BCUT2D eigenvalue weighted by Crippen LogP contribution is -2.36. The summed E-state index contributed by atoms with van der Waals surface area (Å²) in [5.74, 6) is 0.144. The lowest BCUT2D eigenvalue weighted by atomic mass is 10.2. The summed E-state index contributed by atoms with van der Waals surface area (Å²) in [6.07, 6.45) is 16.9. The Balaban J connectivity index is 3.69. The predicted molar refractivity (Wildman–Crippen MR) is 103 cm³/mol. The van der Waals surface area contributed by atoms with E-state index < -0.39 is 0 Å². The van der Waals surface area contributed by atoms with Crippen LogP contribution in [0, 0.1) is 0 Å². The molecule has 140 valence electrons. The zero-order valence-electron chi connectivity index (χ0n) is 15.8. The van der Waals surface area contributed by atoms with Gasteiger partial charge in [-0.3, -0.25) is 9.69 Å². The molecule has 0 bridgehead atoms. The first-order valence-corrected chi connectivity index (χ1v) is 9.56. The van der Waals surface area contributed by atoms with Crippen LogP contribution in [-0.4, -0.2) is 48.7 Å². The Hall–Kier alpha value is -1.13. The Morgan fingerprint density at radius 1 is 0.917 bits per heavy atom. The summed E-state index contributed by atoms with van der Waals surface area (Å²) in [6.45, 7) is 7.43. The van der Waals surface area contributed by atoms with Crippen LogP contribution in [0.25, 0.3) is 0 Å². The minimum absolute atomic E-state index is 0.144. The number of hydrogen-bond acceptors (Lipinski definition) is 3. The van der Waals surface area contributed by atoms with Gasteiger partial charge in [-0.2, -0.15) is 0 Å². The highest BCUT2D eigenvalue weighted by molar-refractivity contribution is 5.75. The van der Waals surface area contributed by atoms with Gasteiger partial charge in [0.2, 0.25) is 5.91 Å². The van der Waals surface area contributed by atoms with Crippen molar-refractivity contribution in [2.75, 3.05) is 32.8 Å². The smallest absolute Gasteiger partial charge is 0.220 e. The first-order valence-electron chi connectivity index (χ1n) is 9.56. The van der Waals surface area contributed by atoms with Gasteiger partial charge in [0.15, 0.2) is 0 Å². The van der Waals surface area contributed by atoms with Crippen molar-refractivity contribution in [3.63, 3.8) is 0 Å². The van der Waals surface area contributed by atoms with Crippen molar-refractivity contribution in [1.82, 2.24) is 10.2 Å². The van der Waals surface area contributed by atoms with E-state index >= 15 is 0 Å². The van der Waals surface area contributed by atoms with Gasteiger partial charge >= 0.3 is 0 Å². The summed E-state index contributed by atoms with van der Waals surface area (Å²) < 4.78 is 0. The minimum Gasteiger partial charge on any atom is -0.395 e. The third-order valence-corrected chi connectivity index (χ3v) is 4.01. The fourth-order valence-corrected chi connectivity index (χ4v) is 2.57. The number of allylic oxidation sites excluding steroid dienone is 4. The Morgan fingerprint density at radius 3 is 2.21 bits per heavy atom. The summed E-state index contributed by atoms with van der Waals surface area (Å²) >= 11 is 0. The molecule has 0 aliphatic heterocycles. The highest BCUT2D eigenvalue weighted by Crippen LogP contribution is 2.03. The standard InChI is InChI=1S/C20H38N2O2/c1-3-5-7-9-11-13-16-22(18-19-23)17-15-21-20(24)14-12-10-8-6-4-2/h3-6,23H,7-19H2,1-2H3,(H,21,24)/b5-3+,6-4+. The zero-order chi connectivity index (χ0) is 17.9. The highest BCUT2D eigenvalue weighted by atomic mass is 16.3. The molecule has 24 heavy (non-hydrogen) atoms. The normalized spacial score (nSPS) is 11.8. The molecule has 0 aromatic rings. The van der Waals surface area contributed by atoms with E-state index in [-0.39, 0.29) is 12.5 Å². The molecule has 0 heterocycles. The number of carbonyl (C=O) groups is 1. The molecule has 0 unspecified atom stereocenters. The SMILES string of the molecule is C/C=C/CCCCCN(CCO)CCNC(=O)CCCC/C=C/C. The Labute approximate surface area is 149 Å². The van der Waals surface area contributed by atoms with Gasteiger partial charge in [-0.05, 0) is 58.9 Å². The first-order chi connectivity index (χ1) is 11.7. The number of nitrogens with one attached hydrogen (secondary N) is 1. The maximum absolute atomic E-state index is 11.8. The van der Waals surface area contributed by atoms with Gasteiger partial charge in [0, 0.05) is 26.1 Å². The molecule has 2 N–H and O–H groups in total. The van der Waals surface area contributed by atoms with Gasteiger partial charge in [0.1, 0.15) is 0 Å². The van der Waals surface area contributed by atoms with Gasteiger partial charge in [-0.15, -0.1) is 0 Å². The Morgan fingerprint density at radius 2 is 1.58 bits per heavy atom. The van der Waals surface area contributed by atoms with Crippen LogP contribution in [0.2, 0.25) is 0 Å². The topological polar surface area (TPSA) is 52.6 Å². The second-order valence-corrected chi connectivity index (χ2v) is 6.15. The lowest BCUT2D eigenvalue weighted by Gasteiger charge is -2.21. The monoisotopic (exact) mass is 338 g/mol. The molecule has 0 aromatic carbocycles. The van der Waals surface area contributed by atoms with Crippen molar-refractivity contribution in [3.8, 4) is 0 Å². The van der Waals surface area contributed by atoms with E-state index in [1.807, 2.05) is 6.92 Å². The summed E-state index contributed by atoms with van der Waals surface area (Å²) in [5, 5.41) is 12.2. The molecule has 0 aliphatic rings. The number of aliphatic hydroxyl groups excluding tert-OH is 1. The average Bonchev–Trinajstić information content (AvgIpc) is 2.57. The minimum atomic E-state index is 0.144. The van der Waals surface area contributed by atoms with E-state index in [9.17, 15) is 4.79 Å². The van der Waals surface area contributed by atoms with E-state index in [4.69, 9.17) is 5.11 Å². The second kappa shape index (κ2) is 18.2. The maximum atomic E-state index is 11.8. The number of hydrogen-bond donors (Lipinski definition) is 2. The first kappa shape index (κ1) is 22.9. The molecule has 0 atom stereocenters. The molecule has 1 amide bonds. The number of carbonyl (C=O) groups excluding carboxylic acids is 1. The second-order valence-electron chi connectivity index (χ2n) is 6.15. The van der Waals surface area contributed by atoms with Gasteiger partial charge in [0.05, 0.1) is 6.61 Å². The number of aliphatic hydroxyl groups is 1. The van der Waals surface area contributed by atoms with Crippen LogP contribution in [0.15, 0.2) is 24.3 Å². The fourth-order valence-electron chi connectivity index (χ4n) is 2.57. The molecule has 0 rings (SSSR count). The average molecular weight is 339 g/mol. The molecule has 0 aliphatic carbocycles. The molecule has 0 radical (unpaired) electrons. The van der Waals surface area contributed by atoms with Crippen molar-refractivity contribution in [2.24, 2.45) is 0 Å². The number of rotatable bonds is 16. The quantitative estimate of drug-likeness (QED) is 0.333. The predicted octanol–water partition coefficient (Wildman–Crippen LogP) is 3.67. The molecule has 0 saturated carbocycles. The summed E-state index contributed by atoms with van der Waals surface area (Å²) in [6, 6.07) is 0. The Kier molecular flexibility index (Phi) is 17.4. The molecule has 4 heteroatoms. The molecule has 0 spiro atoms. The molecule has 0 aromatic heterocycles. The van der Waals surface area contributed by atoms with Gasteiger partial charge in [-0.1, -0.05) is 30.7 Å². The third-order valence-electron chi connectivity index (χ3n) is 4.01. The largest absolute Gasteiger partial charge is 0.395 e. The van der Waals surface area contributed by atoms with Gasteiger partial charge in [0.25, 0.3) is 0 Å². The van der Waals surface area contributed by atoms with Crippen molar-refractivity contribution < 1.29 is 9.90 Å². The van der Waals surface area contributed by atoms with Gasteiger partial charge < -0.3 is 10.4 Å². The fraction of sp³-hybridized carbons (Fsp3) is 0.750. The number of unbranched alkanes of at least 4 members (excludes halogenated alkanes) is 5. The zero-order valence-corrected chi connectivity index (χ0v) is 15.8. The van der Waals surface area contributed by atoms with Crippen LogP contribution in [0.1, 0.15) is 65.2 Å². The number of amides is 1. The van der Waals surface area contributed by atoms with Crippen molar-refractivity contribution in [2.45, 2.75) is 65.2 Å². The van der Waals surface area contributed by atoms with E-state index in [0.29, 0.717) is 19.5 Å². The number of nitrogens with zero attached hydrogens (tertiary/aromatic N) is 1. The van der Waals surface area contributed by atoms with Crippen molar-refractivity contribution >= 4 is 5.91 Å². The van der Waals surface area contributed by atoms with Crippen LogP contribution in [0.3, 0.4) is 0 Å². The van der Waals surface area contributed by atoms with Crippen LogP contribution >= 0.6 is 0 Å².